The zero-order chi connectivity index (χ0) is 7.66. The van der Waals surface area contributed by atoms with E-state index in [4.69, 9.17) is 0 Å². The Balaban J connectivity index is 2.70. The van der Waals surface area contributed by atoms with E-state index in [1.165, 1.54) is 19.3 Å². The number of hydrogen-bond donors (Lipinski definition) is 2. The molecule has 0 aliphatic heterocycles. The van der Waals surface area contributed by atoms with E-state index >= 15 is 0 Å². The largest absolute Gasteiger partial charge is 0.257 e. The van der Waals surface area contributed by atoms with Crippen LogP contribution in [-0.2, 0) is 0 Å². The van der Waals surface area contributed by atoms with Gasteiger partial charge in [-0.1, -0.05) is 25.8 Å². The SMILES string of the molecule is C=C[CH]NNCCCCC. The third kappa shape index (κ3) is 7.66. The Hall–Kier alpha value is -0.340. The minimum atomic E-state index is 1.03. The first-order valence-electron chi connectivity index (χ1n) is 3.84. The van der Waals surface area contributed by atoms with Gasteiger partial charge in [-0.05, 0) is 6.42 Å². The molecular weight excluding hydrogens is 124 g/mol. The molecule has 0 bridgehead atoms. The van der Waals surface area contributed by atoms with Crippen LogP contribution in [0.25, 0.3) is 0 Å². The van der Waals surface area contributed by atoms with Crippen LogP contribution >= 0.6 is 0 Å². The van der Waals surface area contributed by atoms with E-state index in [0.717, 1.165) is 6.54 Å². The van der Waals surface area contributed by atoms with E-state index in [0.29, 0.717) is 0 Å². The number of unbranched alkanes of at least 4 members (excludes halogenated alkanes) is 2. The first-order valence-corrected chi connectivity index (χ1v) is 3.84. The Labute approximate surface area is 63.7 Å². The van der Waals surface area contributed by atoms with Gasteiger partial charge in [0, 0.05) is 6.54 Å². The molecule has 1 radical (unpaired) electrons. The van der Waals surface area contributed by atoms with Crippen LogP contribution in [0.4, 0.5) is 0 Å². The number of rotatable bonds is 7. The van der Waals surface area contributed by atoms with Crippen molar-refractivity contribution in [2.45, 2.75) is 26.2 Å². The second-order valence-electron chi connectivity index (χ2n) is 2.18. The molecule has 2 heteroatoms. The monoisotopic (exact) mass is 141 g/mol. The van der Waals surface area contributed by atoms with Crippen LogP contribution in [0.3, 0.4) is 0 Å². The fourth-order valence-corrected chi connectivity index (χ4v) is 0.653. The van der Waals surface area contributed by atoms with E-state index in [9.17, 15) is 0 Å². The molecule has 10 heavy (non-hydrogen) atoms. The van der Waals surface area contributed by atoms with Gasteiger partial charge in [-0.25, -0.2) is 5.43 Å². The third-order valence-electron chi connectivity index (χ3n) is 1.21. The van der Waals surface area contributed by atoms with Crippen LogP contribution in [0.15, 0.2) is 12.7 Å². The summed E-state index contributed by atoms with van der Waals surface area (Å²) in [5.74, 6) is 0. The molecule has 0 aliphatic carbocycles. The van der Waals surface area contributed by atoms with Gasteiger partial charge in [-0.3, -0.25) is 5.43 Å². The summed E-state index contributed by atoms with van der Waals surface area (Å²) < 4.78 is 0. The van der Waals surface area contributed by atoms with E-state index in [1.54, 1.807) is 12.6 Å². The standard InChI is InChI=1S/C8H17N2/c1-3-5-6-8-10-9-7-4-2/h4,7,9-10H,2-3,5-6,8H2,1H3. The summed E-state index contributed by atoms with van der Waals surface area (Å²) in [6.45, 7) is 8.54. The summed E-state index contributed by atoms with van der Waals surface area (Å²) in [6.07, 6.45) is 5.51. The lowest BCUT2D eigenvalue weighted by Gasteiger charge is -2.02. The molecule has 0 saturated carbocycles. The van der Waals surface area contributed by atoms with Crippen LogP contribution in [0.5, 0.6) is 0 Å². The molecule has 0 rings (SSSR count). The van der Waals surface area contributed by atoms with Crippen molar-refractivity contribution in [3.05, 3.63) is 19.2 Å². The van der Waals surface area contributed by atoms with Crippen LogP contribution in [0.2, 0.25) is 0 Å². The molecule has 2 N–H and O–H groups in total. The average molecular weight is 141 g/mol. The zero-order valence-corrected chi connectivity index (χ0v) is 6.69. The van der Waals surface area contributed by atoms with Crippen molar-refractivity contribution in [1.82, 2.24) is 10.9 Å². The molecule has 0 spiro atoms. The molecule has 59 valence electrons. The quantitative estimate of drug-likeness (QED) is 0.416. The summed E-state index contributed by atoms with van der Waals surface area (Å²) in [5.41, 5.74) is 5.95. The minimum absolute atomic E-state index is 1.03. The Morgan fingerprint density at radius 1 is 1.40 bits per heavy atom. The highest BCUT2D eigenvalue weighted by Gasteiger charge is 1.83. The molecule has 0 atom stereocenters. The Bertz CT molecular complexity index is 71.7. The lowest BCUT2D eigenvalue weighted by atomic mass is 10.2. The van der Waals surface area contributed by atoms with Crippen LogP contribution in [0.1, 0.15) is 26.2 Å². The van der Waals surface area contributed by atoms with Crippen LogP contribution in [-0.4, -0.2) is 6.54 Å². The van der Waals surface area contributed by atoms with Crippen molar-refractivity contribution >= 4 is 0 Å². The van der Waals surface area contributed by atoms with Gasteiger partial charge in [0.15, 0.2) is 0 Å². The Morgan fingerprint density at radius 3 is 2.80 bits per heavy atom. The maximum atomic E-state index is 3.54. The average Bonchev–Trinajstić information content (AvgIpc) is 1.97. The molecular formula is C8H17N2. The fraction of sp³-hybridized carbons (Fsp3) is 0.625. The van der Waals surface area contributed by atoms with Gasteiger partial charge in [0.25, 0.3) is 0 Å². The summed E-state index contributed by atoms with van der Waals surface area (Å²) >= 11 is 0. The molecule has 0 aromatic rings. The van der Waals surface area contributed by atoms with Crippen molar-refractivity contribution in [2.24, 2.45) is 0 Å². The van der Waals surface area contributed by atoms with Crippen molar-refractivity contribution < 1.29 is 0 Å². The molecule has 0 aromatic heterocycles. The first-order chi connectivity index (χ1) is 4.91. The molecule has 0 fully saturated rings. The van der Waals surface area contributed by atoms with Gasteiger partial charge in [-0.15, -0.1) is 6.58 Å². The topological polar surface area (TPSA) is 24.1 Å². The minimum Gasteiger partial charge on any atom is -0.257 e. The van der Waals surface area contributed by atoms with Crippen LogP contribution in [0, 0.1) is 6.54 Å². The maximum Gasteiger partial charge on any atom is 0.0592 e. The fourth-order valence-electron chi connectivity index (χ4n) is 0.653. The summed E-state index contributed by atoms with van der Waals surface area (Å²) in [6, 6.07) is 0. The lowest BCUT2D eigenvalue weighted by Crippen LogP contribution is -2.29. The van der Waals surface area contributed by atoms with Gasteiger partial charge in [0.2, 0.25) is 0 Å². The normalized spacial score (nSPS) is 9.70. The molecule has 0 saturated heterocycles. The van der Waals surface area contributed by atoms with Gasteiger partial charge in [0.05, 0.1) is 6.54 Å². The van der Waals surface area contributed by atoms with Crippen molar-refractivity contribution in [3.8, 4) is 0 Å². The summed E-state index contributed by atoms with van der Waals surface area (Å²) in [5, 5.41) is 0. The maximum absolute atomic E-state index is 3.54. The number of hydrazine groups is 1. The molecule has 0 amide bonds. The molecule has 0 aromatic carbocycles. The third-order valence-corrected chi connectivity index (χ3v) is 1.21. The highest BCUT2D eigenvalue weighted by atomic mass is 15.3. The van der Waals surface area contributed by atoms with Crippen molar-refractivity contribution in [2.75, 3.05) is 6.54 Å². The highest BCUT2D eigenvalue weighted by Crippen LogP contribution is 1.89. The van der Waals surface area contributed by atoms with Gasteiger partial charge < -0.3 is 0 Å². The van der Waals surface area contributed by atoms with E-state index < -0.39 is 0 Å². The second kappa shape index (κ2) is 8.66. The van der Waals surface area contributed by atoms with Gasteiger partial charge >= 0.3 is 0 Å². The zero-order valence-electron chi connectivity index (χ0n) is 6.69. The lowest BCUT2D eigenvalue weighted by molar-refractivity contribution is 0.563. The second-order valence-corrected chi connectivity index (χ2v) is 2.18. The molecule has 0 unspecified atom stereocenters. The van der Waals surface area contributed by atoms with Gasteiger partial charge in [-0.2, -0.15) is 0 Å². The van der Waals surface area contributed by atoms with Crippen molar-refractivity contribution in [1.29, 1.82) is 0 Å². The summed E-state index contributed by atoms with van der Waals surface area (Å²) in [7, 11) is 0. The Morgan fingerprint density at radius 2 is 2.20 bits per heavy atom. The van der Waals surface area contributed by atoms with Gasteiger partial charge in [0.1, 0.15) is 0 Å². The number of hydrogen-bond acceptors (Lipinski definition) is 2. The number of nitrogens with one attached hydrogen (secondary N) is 2. The Kier molecular flexibility index (Phi) is 8.37. The predicted octanol–water partition coefficient (Wildman–Crippen LogP) is 1.62. The van der Waals surface area contributed by atoms with E-state index in [1.807, 2.05) is 0 Å². The van der Waals surface area contributed by atoms with E-state index in [2.05, 4.69) is 24.4 Å². The van der Waals surface area contributed by atoms with Crippen molar-refractivity contribution in [3.63, 3.8) is 0 Å². The highest BCUT2D eigenvalue weighted by molar-refractivity contribution is 4.81. The first kappa shape index (κ1) is 9.66. The smallest absolute Gasteiger partial charge is 0.0592 e. The summed E-state index contributed by atoms with van der Waals surface area (Å²) in [4.78, 5) is 0. The molecule has 2 nitrogen and oxygen atoms in total. The molecule has 0 heterocycles. The van der Waals surface area contributed by atoms with E-state index in [-0.39, 0.29) is 0 Å². The predicted molar refractivity (Wildman–Crippen MR) is 45.2 cm³/mol. The molecule has 0 aliphatic rings. The van der Waals surface area contributed by atoms with Crippen LogP contribution < -0.4 is 10.9 Å².